The lowest BCUT2D eigenvalue weighted by Crippen LogP contribution is -2.53. The summed E-state index contributed by atoms with van der Waals surface area (Å²) in [5.74, 6) is -0.593. The number of unbranched alkanes of at least 4 members (excludes halogenated alkanes) is 45. The molecule has 0 saturated heterocycles. The first-order chi connectivity index (χ1) is 37.0. The van der Waals surface area contributed by atoms with Gasteiger partial charge in [-0.3, -0.25) is 4.79 Å². The van der Waals surface area contributed by atoms with Crippen molar-refractivity contribution in [3.63, 3.8) is 0 Å². The molecule has 1 amide bonds. The highest BCUT2D eigenvalue weighted by Gasteiger charge is 2.28. The van der Waals surface area contributed by atoms with Crippen molar-refractivity contribution in [2.75, 3.05) is 6.61 Å². The van der Waals surface area contributed by atoms with E-state index in [1.807, 2.05) is 0 Å². The molecule has 0 aromatic carbocycles. The second-order valence-corrected chi connectivity index (χ2v) is 23.2. The molecule has 0 heterocycles. The first kappa shape index (κ1) is 73.3. The van der Waals surface area contributed by atoms with Gasteiger partial charge in [-0.05, 0) is 83.5 Å². The summed E-state index contributed by atoms with van der Waals surface area (Å²) in [6.45, 7) is 4.08. The Bertz CT molecular complexity index is 1230. The van der Waals surface area contributed by atoms with Gasteiger partial charge in [0.05, 0.1) is 18.8 Å². The molecule has 5 N–H and O–H groups in total. The summed E-state index contributed by atoms with van der Waals surface area (Å²) < 4.78 is 0. The summed E-state index contributed by atoms with van der Waals surface area (Å²) in [5, 5.41) is 44.1. The fourth-order valence-electron chi connectivity index (χ4n) is 10.5. The molecular weight excluding hydrogens is 923 g/mol. The van der Waals surface area contributed by atoms with E-state index in [0.29, 0.717) is 19.3 Å². The van der Waals surface area contributed by atoms with Crippen molar-refractivity contribution in [2.24, 2.45) is 0 Å². The van der Waals surface area contributed by atoms with Gasteiger partial charge in [0.1, 0.15) is 12.2 Å². The standard InChI is InChI=1S/C69H131NO5/c1-3-5-7-9-11-13-15-17-19-21-23-25-27-29-30-31-32-33-34-35-36-37-39-41-43-45-47-49-51-53-55-57-59-61-63-67(73)69(75)70-65(64-71)68(74)66(72)62-60-58-56-54-52-50-48-46-44-42-40-38-28-26-24-22-20-18-16-14-12-10-8-6-4-2/h27,29,31-32,46,48,54,56,65-68,71-74H,3-26,28,30,33-45,47,49-53,55,57-64H2,1-2H3,(H,70,75)/b29-27-,32-31-,48-46+,56-54+. The van der Waals surface area contributed by atoms with Crippen LogP contribution in [-0.4, -0.2) is 57.3 Å². The molecule has 4 atom stereocenters. The first-order valence-electron chi connectivity index (χ1n) is 33.5. The lowest BCUT2D eigenvalue weighted by molar-refractivity contribution is -0.132. The molecule has 0 aliphatic rings. The lowest BCUT2D eigenvalue weighted by atomic mass is 10.00. The van der Waals surface area contributed by atoms with Crippen molar-refractivity contribution >= 4 is 5.91 Å². The number of allylic oxidation sites excluding steroid dienone is 8. The van der Waals surface area contributed by atoms with Crippen molar-refractivity contribution in [3.05, 3.63) is 48.6 Å². The monoisotopic (exact) mass is 1050 g/mol. The first-order valence-corrected chi connectivity index (χ1v) is 33.5. The topological polar surface area (TPSA) is 110 Å². The maximum atomic E-state index is 12.6. The summed E-state index contributed by atoms with van der Waals surface area (Å²) in [6, 6.07) is -1.01. The maximum absolute atomic E-state index is 12.6. The smallest absolute Gasteiger partial charge is 0.249 e. The largest absolute Gasteiger partial charge is 0.394 e. The van der Waals surface area contributed by atoms with E-state index < -0.39 is 36.9 Å². The van der Waals surface area contributed by atoms with Crippen LogP contribution in [0.15, 0.2) is 48.6 Å². The molecule has 0 spiro atoms. The molecule has 0 bridgehead atoms. The molecule has 0 aliphatic carbocycles. The van der Waals surface area contributed by atoms with Crippen LogP contribution in [0, 0.1) is 0 Å². The van der Waals surface area contributed by atoms with Gasteiger partial charge in [-0.15, -0.1) is 0 Å². The molecule has 6 nitrogen and oxygen atoms in total. The van der Waals surface area contributed by atoms with E-state index in [2.05, 4.69) is 67.8 Å². The fourth-order valence-corrected chi connectivity index (χ4v) is 10.5. The Kier molecular flexibility index (Phi) is 61.6. The van der Waals surface area contributed by atoms with Crippen LogP contribution in [0.1, 0.15) is 354 Å². The van der Waals surface area contributed by atoms with Crippen LogP contribution in [0.2, 0.25) is 0 Å². The van der Waals surface area contributed by atoms with E-state index in [1.54, 1.807) is 0 Å². The van der Waals surface area contributed by atoms with Gasteiger partial charge in [0.15, 0.2) is 0 Å². The van der Waals surface area contributed by atoms with Gasteiger partial charge in [-0.2, -0.15) is 0 Å². The van der Waals surface area contributed by atoms with Crippen LogP contribution < -0.4 is 5.32 Å². The van der Waals surface area contributed by atoms with Crippen molar-refractivity contribution in [1.29, 1.82) is 0 Å². The normalized spacial score (nSPS) is 13.8. The minimum atomic E-state index is -1.29. The average Bonchev–Trinajstić information content (AvgIpc) is 3.42. The summed E-state index contributed by atoms with van der Waals surface area (Å²) in [7, 11) is 0. The Balaban J connectivity index is 3.61. The second-order valence-electron chi connectivity index (χ2n) is 23.2. The molecule has 0 rings (SSSR count). The molecule has 0 aromatic heterocycles. The number of carbonyl (C=O) groups is 1. The zero-order valence-electron chi connectivity index (χ0n) is 50.3. The van der Waals surface area contributed by atoms with Crippen LogP contribution in [-0.2, 0) is 4.79 Å². The molecule has 442 valence electrons. The highest BCUT2D eigenvalue weighted by Crippen LogP contribution is 2.18. The third kappa shape index (κ3) is 56.8. The second kappa shape index (κ2) is 63.1. The van der Waals surface area contributed by atoms with Gasteiger partial charge in [0.2, 0.25) is 5.91 Å². The Hall–Kier alpha value is -1.73. The Morgan fingerprint density at radius 3 is 0.920 bits per heavy atom. The lowest BCUT2D eigenvalue weighted by Gasteiger charge is -2.27. The van der Waals surface area contributed by atoms with E-state index in [-0.39, 0.29) is 0 Å². The number of rotatable bonds is 62. The van der Waals surface area contributed by atoms with Crippen LogP contribution in [0.5, 0.6) is 0 Å². The number of nitrogens with one attached hydrogen (secondary N) is 1. The van der Waals surface area contributed by atoms with Gasteiger partial charge >= 0.3 is 0 Å². The highest BCUT2D eigenvalue weighted by molar-refractivity contribution is 5.80. The van der Waals surface area contributed by atoms with Crippen LogP contribution in [0.4, 0.5) is 0 Å². The van der Waals surface area contributed by atoms with Crippen LogP contribution in [0.3, 0.4) is 0 Å². The number of carbonyl (C=O) groups excluding carboxylic acids is 1. The third-order valence-electron chi connectivity index (χ3n) is 15.7. The van der Waals surface area contributed by atoms with Gasteiger partial charge in [-0.25, -0.2) is 0 Å². The highest BCUT2D eigenvalue weighted by atomic mass is 16.3. The zero-order chi connectivity index (χ0) is 54.4. The Morgan fingerprint density at radius 1 is 0.333 bits per heavy atom. The summed E-state index contributed by atoms with van der Waals surface area (Å²) in [4.78, 5) is 12.6. The molecular formula is C69H131NO5. The van der Waals surface area contributed by atoms with Crippen molar-refractivity contribution in [2.45, 2.75) is 379 Å². The summed E-state index contributed by atoms with van der Waals surface area (Å²) >= 11 is 0. The van der Waals surface area contributed by atoms with E-state index >= 15 is 0 Å². The molecule has 0 fully saturated rings. The quantitative estimate of drug-likeness (QED) is 0.0308. The van der Waals surface area contributed by atoms with E-state index in [0.717, 1.165) is 44.9 Å². The number of hydrogen-bond donors (Lipinski definition) is 5. The summed E-state index contributed by atoms with van der Waals surface area (Å²) in [5.41, 5.74) is 0. The average molecular weight is 1050 g/mol. The van der Waals surface area contributed by atoms with E-state index in [1.165, 1.54) is 276 Å². The van der Waals surface area contributed by atoms with Crippen molar-refractivity contribution in [1.82, 2.24) is 5.32 Å². The van der Waals surface area contributed by atoms with Gasteiger partial charge < -0.3 is 25.7 Å². The van der Waals surface area contributed by atoms with Crippen molar-refractivity contribution in [3.8, 4) is 0 Å². The third-order valence-corrected chi connectivity index (χ3v) is 15.7. The molecule has 0 radical (unpaired) electrons. The SMILES string of the molecule is CCCCCCCCCCCCC/C=C\C/C=C\CCCCCCCCCCCCCCCCCCC(O)C(=O)NC(CO)C(O)C(O)CCC/C=C/CC/C=C/CCCCCCCCCCCCCCCCCC. The zero-order valence-corrected chi connectivity index (χ0v) is 50.3. The van der Waals surface area contributed by atoms with Crippen LogP contribution in [0.25, 0.3) is 0 Å². The summed E-state index contributed by atoms with van der Waals surface area (Å²) in [6.07, 6.45) is 82.3. The van der Waals surface area contributed by atoms with E-state index in [4.69, 9.17) is 0 Å². The van der Waals surface area contributed by atoms with Crippen molar-refractivity contribution < 1.29 is 25.2 Å². The number of aliphatic hydroxyl groups excluding tert-OH is 4. The molecule has 0 saturated carbocycles. The molecule has 6 heteroatoms. The molecule has 4 unspecified atom stereocenters. The Labute approximate surface area is 468 Å². The fraction of sp³-hybridized carbons (Fsp3) is 0.870. The Morgan fingerprint density at radius 2 is 0.600 bits per heavy atom. The van der Waals surface area contributed by atoms with E-state index in [9.17, 15) is 25.2 Å². The van der Waals surface area contributed by atoms with Gasteiger partial charge in [0.25, 0.3) is 0 Å². The van der Waals surface area contributed by atoms with Gasteiger partial charge in [-0.1, -0.05) is 319 Å². The van der Waals surface area contributed by atoms with Gasteiger partial charge in [0, 0.05) is 0 Å². The van der Waals surface area contributed by atoms with Crippen LogP contribution >= 0.6 is 0 Å². The minimum Gasteiger partial charge on any atom is -0.394 e. The maximum Gasteiger partial charge on any atom is 0.249 e. The predicted molar refractivity (Wildman–Crippen MR) is 330 cm³/mol. The molecule has 0 aromatic rings. The number of aliphatic hydroxyl groups is 4. The number of hydrogen-bond acceptors (Lipinski definition) is 5. The minimum absolute atomic E-state index is 0.360. The molecule has 0 aliphatic heterocycles. The predicted octanol–water partition coefficient (Wildman–Crippen LogP) is 20.5. The molecule has 75 heavy (non-hydrogen) atoms. The number of amides is 1.